The second-order valence-electron chi connectivity index (χ2n) is 5.46. The van der Waals surface area contributed by atoms with E-state index >= 15 is 0 Å². The molecule has 1 amide bonds. The van der Waals surface area contributed by atoms with E-state index in [0.717, 1.165) is 5.56 Å². The average molecular weight is 342 g/mol. The van der Waals surface area contributed by atoms with Crippen molar-refractivity contribution >= 4 is 22.7 Å². The summed E-state index contributed by atoms with van der Waals surface area (Å²) in [6.45, 7) is 0. The molecule has 3 rings (SSSR count). The van der Waals surface area contributed by atoms with Gasteiger partial charge in [-0.25, -0.2) is 4.79 Å². The fraction of sp³-hybridized carbons (Fsp3) is 0.222. The molecular formula is C18H18N2O5. The van der Waals surface area contributed by atoms with Gasteiger partial charge in [0, 0.05) is 18.2 Å². The van der Waals surface area contributed by atoms with Crippen LogP contribution in [0.2, 0.25) is 0 Å². The lowest BCUT2D eigenvalue weighted by molar-refractivity contribution is -0.116. The summed E-state index contributed by atoms with van der Waals surface area (Å²) in [4.78, 5) is 25.8. The Morgan fingerprint density at radius 2 is 1.92 bits per heavy atom. The van der Waals surface area contributed by atoms with Crippen molar-refractivity contribution in [2.24, 2.45) is 0 Å². The van der Waals surface area contributed by atoms with E-state index in [0.29, 0.717) is 41.1 Å². The lowest BCUT2D eigenvalue weighted by Crippen LogP contribution is -2.12. The van der Waals surface area contributed by atoms with E-state index in [4.69, 9.17) is 13.9 Å². The smallest absolute Gasteiger partial charge is 0.417 e. The third-order valence-electron chi connectivity index (χ3n) is 3.79. The first kappa shape index (κ1) is 16.6. The molecule has 0 unspecified atom stereocenters. The van der Waals surface area contributed by atoms with Crippen LogP contribution in [0.1, 0.15) is 12.0 Å². The van der Waals surface area contributed by atoms with Gasteiger partial charge >= 0.3 is 5.76 Å². The van der Waals surface area contributed by atoms with E-state index < -0.39 is 5.76 Å². The Hall–Kier alpha value is -3.22. The highest BCUT2D eigenvalue weighted by Gasteiger charge is 2.08. The van der Waals surface area contributed by atoms with Crippen molar-refractivity contribution in [3.63, 3.8) is 0 Å². The zero-order chi connectivity index (χ0) is 17.8. The lowest BCUT2D eigenvalue weighted by Gasteiger charge is -2.09. The Bertz CT molecular complexity index is 957. The van der Waals surface area contributed by atoms with Gasteiger partial charge in [-0.3, -0.25) is 9.78 Å². The standard InChI is InChI=1S/C18H18N2O5/c1-23-14-7-3-11(9-16(14)24-2)4-8-17(21)19-12-5-6-13-15(10-12)25-18(22)20-13/h3,5-7,9-10H,4,8H2,1-2H3,(H,19,21)(H,20,22). The molecule has 7 heteroatoms. The molecule has 0 atom stereocenters. The molecular weight excluding hydrogens is 324 g/mol. The predicted octanol–water partition coefficient (Wildman–Crippen LogP) is 2.71. The highest BCUT2D eigenvalue weighted by molar-refractivity contribution is 5.92. The molecule has 3 aromatic rings. The van der Waals surface area contributed by atoms with Crippen LogP contribution in [0.4, 0.5) is 5.69 Å². The van der Waals surface area contributed by atoms with E-state index in [9.17, 15) is 9.59 Å². The average Bonchev–Trinajstić information content (AvgIpc) is 2.99. The number of nitrogens with one attached hydrogen (secondary N) is 2. The molecule has 0 spiro atoms. The number of aromatic nitrogens is 1. The number of hydrogen-bond donors (Lipinski definition) is 2. The topological polar surface area (TPSA) is 93.6 Å². The first-order chi connectivity index (χ1) is 12.1. The summed E-state index contributed by atoms with van der Waals surface area (Å²) >= 11 is 0. The van der Waals surface area contributed by atoms with Gasteiger partial charge in [-0.05, 0) is 36.2 Å². The van der Waals surface area contributed by atoms with Crippen LogP contribution >= 0.6 is 0 Å². The molecule has 25 heavy (non-hydrogen) atoms. The fourth-order valence-corrected chi connectivity index (χ4v) is 2.54. The normalized spacial score (nSPS) is 10.6. The second kappa shape index (κ2) is 7.12. The van der Waals surface area contributed by atoms with Gasteiger partial charge in [-0.15, -0.1) is 0 Å². The third-order valence-corrected chi connectivity index (χ3v) is 3.79. The van der Waals surface area contributed by atoms with E-state index in [1.807, 2.05) is 18.2 Å². The van der Waals surface area contributed by atoms with Gasteiger partial charge in [0.15, 0.2) is 17.1 Å². The molecule has 0 radical (unpaired) electrons. The lowest BCUT2D eigenvalue weighted by atomic mass is 10.1. The molecule has 0 saturated heterocycles. The number of aryl methyl sites for hydroxylation is 1. The molecule has 0 bridgehead atoms. The summed E-state index contributed by atoms with van der Waals surface area (Å²) in [5.41, 5.74) is 2.54. The molecule has 1 heterocycles. The molecule has 0 aliphatic rings. The minimum atomic E-state index is -0.521. The van der Waals surface area contributed by atoms with E-state index in [1.54, 1.807) is 32.4 Å². The second-order valence-corrected chi connectivity index (χ2v) is 5.46. The van der Waals surface area contributed by atoms with Crippen molar-refractivity contribution in [1.82, 2.24) is 4.98 Å². The number of methoxy groups -OCH3 is 2. The van der Waals surface area contributed by atoms with Crippen molar-refractivity contribution in [1.29, 1.82) is 0 Å². The van der Waals surface area contributed by atoms with Gasteiger partial charge < -0.3 is 19.2 Å². The van der Waals surface area contributed by atoms with Crippen molar-refractivity contribution in [2.75, 3.05) is 19.5 Å². The Kier molecular flexibility index (Phi) is 4.74. The zero-order valence-electron chi connectivity index (χ0n) is 13.9. The Morgan fingerprint density at radius 3 is 2.68 bits per heavy atom. The molecule has 0 saturated carbocycles. The number of carbonyl (C=O) groups excluding carboxylic acids is 1. The van der Waals surface area contributed by atoms with Crippen LogP contribution in [-0.4, -0.2) is 25.1 Å². The molecule has 0 fully saturated rings. The first-order valence-corrected chi connectivity index (χ1v) is 7.72. The molecule has 0 aliphatic heterocycles. The van der Waals surface area contributed by atoms with Gasteiger partial charge in [0.2, 0.25) is 5.91 Å². The number of fused-ring (bicyclic) bond motifs is 1. The quantitative estimate of drug-likeness (QED) is 0.718. The molecule has 1 aromatic heterocycles. The Morgan fingerprint density at radius 1 is 1.12 bits per heavy atom. The number of rotatable bonds is 6. The maximum absolute atomic E-state index is 12.1. The van der Waals surface area contributed by atoms with Gasteiger partial charge in [0.1, 0.15) is 0 Å². The summed E-state index contributed by atoms with van der Waals surface area (Å²) in [6.07, 6.45) is 0.873. The number of carbonyl (C=O) groups is 1. The van der Waals surface area contributed by atoms with Crippen LogP contribution in [0.5, 0.6) is 11.5 Å². The summed E-state index contributed by atoms with van der Waals surface area (Å²) < 4.78 is 15.4. The summed E-state index contributed by atoms with van der Waals surface area (Å²) in [5.74, 6) is 0.629. The van der Waals surface area contributed by atoms with Gasteiger partial charge in [0.25, 0.3) is 0 Å². The van der Waals surface area contributed by atoms with Gasteiger partial charge in [-0.1, -0.05) is 6.07 Å². The van der Waals surface area contributed by atoms with E-state index in [1.165, 1.54) is 0 Å². The van der Waals surface area contributed by atoms with Gasteiger partial charge in [-0.2, -0.15) is 0 Å². The zero-order valence-corrected chi connectivity index (χ0v) is 13.9. The third kappa shape index (κ3) is 3.82. The van der Waals surface area contributed by atoms with E-state index in [2.05, 4.69) is 10.3 Å². The SMILES string of the molecule is COc1ccc(CCC(=O)Nc2ccc3[nH]c(=O)oc3c2)cc1OC. The first-order valence-electron chi connectivity index (χ1n) is 7.72. The molecule has 2 aromatic carbocycles. The van der Waals surface area contributed by atoms with Crippen LogP contribution in [0.25, 0.3) is 11.1 Å². The predicted molar refractivity (Wildman–Crippen MR) is 93.3 cm³/mol. The number of benzene rings is 2. The molecule has 130 valence electrons. The Labute approximate surface area is 143 Å². The number of aromatic amines is 1. The highest BCUT2D eigenvalue weighted by Crippen LogP contribution is 2.28. The molecule has 0 aliphatic carbocycles. The van der Waals surface area contributed by atoms with Crippen molar-refractivity contribution in [2.45, 2.75) is 12.8 Å². The van der Waals surface area contributed by atoms with Crippen LogP contribution < -0.4 is 20.5 Å². The van der Waals surface area contributed by atoms with Crippen LogP contribution in [0.3, 0.4) is 0 Å². The number of oxazole rings is 1. The summed E-state index contributed by atoms with van der Waals surface area (Å²) in [6, 6.07) is 10.6. The monoisotopic (exact) mass is 342 g/mol. The van der Waals surface area contributed by atoms with Crippen molar-refractivity contribution < 1.29 is 18.7 Å². The van der Waals surface area contributed by atoms with Gasteiger partial charge in [0.05, 0.1) is 19.7 Å². The summed E-state index contributed by atoms with van der Waals surface area (Å²) in [7, 11) is 3.15. The van der Waals surface area contributed by atoms with Crippen LogP contribution in [-0.2, 0) is 11.2 Å². The van der Waals surface area contributed by atoms with Crippen molar-refractivity contribution in [3.05, 3.63) is 52.5 Å². The van der Waals surface area contributed by atoms with Crippen molar-refractivity contribution in [3.8, 4) is 11.5 Å². The number of ether oxygens (including phenoxy) is 2. The molecule has 7 nitrogen and oxygen atoms in total. The van der Waals surface area contributed by atoms with Crippen LogP contribution in [0, 0.1) is 0 Å². The number of amides is 1. The highest BCUT2D eigenvalue weighted by atomic mass is 16.5. The minimum absolute atomic E-state index is 0.132. The summed E-state index contributed by atoms with van der Waals surface area (Å²) in [5, 5.41) is 2.79. The van der Waals surface area contributed by atoms with E-state index in [-0.39, 0.29) is 5.91 Å². The maximum Gasteiger partial charge on any atom is 0.417 e. The number of anilines is 1. The molecule has 2 N–H and O–H groups in total. The fourth-order valence-electron chi connectivity index (χ4n) is 2.54. The Balaban J connectivity index is 1.63. The van der Waals surface area contributed by atoms with Crippen LogP contribution in [0.15, 0.2) is 45.6 Å². The minimum Gasteiger partial charge on any atom is -0.493 e. The maximum atomic E-state index is 12.1. The largest absolute Gasteiger partial charge is 0.493 e. The number of hydrogen-bond acceptors (Lipinski definition) is 5. The number of H-pyrrole nitrogens is 1.